The Morgan fingerprint density at radius 1 is 1.04 bits per heavy atom. The first-order valence-electron chi connectivity index (χ1n) is 10.9. The maximum Gasteiger partial charge on any atom is 0.222 e. The summed E-state index contributed by atoms with van der Waals surface area (Å²) < 4.78 is 5.84. The SMILES string of the molecule is CC1CN(CC2CCN(C(=O)CC(C)C3CCNCC3)CC2)CC(C)O1.Cl.Cl. The van der Waals surface area contributed by atoms with Crippen molar-refractivity contribution in [3.05, 3.63) is 0 Å². The van der Waals surface area contributed by atoms with Gasteiger partial charge in [0.2, 0.25) is 5.91 Å². The molecule has 3 aliphatic rings. The molecule has 3 unspecified atom stereocenters. The number of nitrogens with zero attached hydrogens (tertiary/aromatic N) is 2. The number of hydrogen-bond acceptors (Lipinski definition) is 4. The zero-order valence-electron chi connectivity index (χ0n) is 17.9. The van der Waals surface area contributed by atoms with E-state index in [-0.39, 0.29) is 24.8 Å². The summed E-state index contributed by atoms with van der Waals surface area (Å²) in [6, 6.07) is 0. The van der Waals surface area contributed by atoms with E-state index in [0.717, 1.165) is 70.4 Å². The minimum Gasteiger partial charge on any atom is -0.373 e. The van der Waals surface area contributed by atoms with Crippen molar-refractivity contribution in [3.63, 3.8) is 0 Å². The van der Waals surface area contributed by atoms with Gasteiger partial charge in [0.1, 0.15) is 0 Å². The maximum atomic E-state index is 12.7. The number of hydrogen-bond donors (Lipinski definition) is 1. The lowest BCUT2D eigenvalue weighted by Crippen LogP contribution is -2.48. The first-order valence-corrected chi connectivity index (χ1v) is 10.9. The van der Waals surface area contributed by atoms with Crippen LogP contribution in [-0.4, -0.2) is 73.7 Å². The van der Waals surface area contributed by atoms with Crippen LogP contribution in [0, 0.1) is 17.8 Å². The number of nitrogens with one attached hydrogen (secondary N) is 1. The number of morpholine rings is 1. The van der Waals surface area contributed by atoms with Crippen LogP contribution in [0.15, 0.2) is 0 Å². The van der Waals surface area contributed by atoms with E-state index in [9.17, 15) is 4.79 Å². The van der Waals surface area contributed by atoms with Gasteiger partial charge in [-0.2, -0.15) is 0 Å². The van der Waals surface area contributed by atoms with E-state index in [0.29, 0.717) is 24.0 Å². The average molecular weight is 438 g/mol. The number of carbonyl (C=O) groups is 1. The second-order valence-corrected chi connectivity index (χ2v) is 9.07. The molecule has 0 aromatic rings. The van der Waals surface area contributed by atoms with Crippen molar-refractivity contribution in [2.24, 2.45) is 17.8 Å². The first kappa shape index (κ1) is 26.0. The van der Waals surface area contributed by atoms with Crippen LogP contribution < -0.4 is 5.32 Å². The van der Waals surface area contributed by atoms with Crippen LogP contribution in [0.4, 0.5) is 0 Å². The molecule has 3 aliphatic heterocycles. The monoisotopic (exact) mass is 437 g/mol. The summed E-state index contributed by atoms with van der Waals surface area (Å²) >= 11 is 0. The molecule has 166 valence electrons. The van der Waals surface area contributed by atoms with Crippen LogP contribution in [0.1, 0.15) is 52.9 Å². The van der Waals surface area contributed by atoms with Crippen molar-refractivity contribution in [3.8, 4) is 0 Å². The number of amides is 1. The molecule has 1 N–H and O–H groups in total. The lowest BCUT2D eigenvalue weighted by molar-refractivity contribution is -0.134. The van der Waals surface area contributed by atoms with E-state index < -0.39 is 0 Å². The number of carbonyl (C=O) groups excluding carboxylic acids is 1. The molecule has 7 heteroatoms. The Morgan fingerprint density at radius 2 is 1.61 bits per heavy atom. The Labute approximate surface area is 184 Å². The largest absolute Gasteiger partial charge is 0.373 e. The Bertz CT molecular complexity index is 445. The molecule has 0 spiro atoms. The molecular weight excluding hydrogens is 397 g/mol. The number of rotatable bonds is 5. The van der Waals surface area contributed by atoms with E-state index in [1.807, 2.05) is 0 Å². The van der Waals surface area contributed by atoms with Crippen molar-refractivity contribution in [1.82, 2.24) is 15.1 Å². The molecule has 0 aliphatic carbocycles. The summed E-state index contributed by atoms with van der Waals surface area (Å²) in [5.74, 6) is 2.38. The molecule has 3 saturated heterocycles. The minimum absolute atomic E-state index is 0. The third kappa shape index (κ3) is 7.64. The van der Waals surface area contributed by atoms with E-state index in [1.54, 1.807) is 0 Å². The lowest BCUT2D eigenvalue weighted by atomic mass is 9.83. The smallest absolute Gasteiger partial charge is 0.222 e. The molecule has 5 nitrogen and oxygen atoms in total. The van der Waals surface area contributed by atoms with Gasteiger partial charge >= 0.3 is 0 Å². The second-order valence-electron chi connectivity index (χ2n) is 9.07. The molecule has 1 amide bonds. The Hall–Kier alpha value is -0.0700. The molecule has 3 atom stereocenters. The highest BCUT2D eigenvalue weighted by Crippen LogP contribution is 2.26. The van der Waals surface area contributed by atoms with Gasteiger partial charge in [0.05, 0.1) is 12.2 Å². The Morgan fingerprint density at radius 3 is 2.18 bits per heavy atom. The van der Waals surface area contributed by atoms with Gasteiger partial charge in [0, 0.05) is 39.1 Å². The summed E-state index contributed by atoms with van der Waals surface area (Å²) in [6.45, 7) is 14.1. The van der Waals surface area contributed by atoms with Gasteiger partial charge in [0.25, 0.3) is 0 Å². The molecule has 3 heterocycles. The highest BCUT2D eigenvalue weighted by atomic mass is 35.5. The fourth-order valence-electron chi connectivity index (χ4n) is 5.15. The molecule has 0 radical (unpaired) electrons. The van der Waals surface area contributed by atoms with Gasteiger partial charge < -0.3 is 15.0 Å². The predicted molar refractivity (Wildman–Crippen MR) is 120 cm³/mol. The van der Waals surface area contributed by atoms with Crippen molar-refractivity contribution in [1.29, 1.82) is 0 Å². The quantitative estimate of drug-likeness (QED) is 0.716. The van der Waals surface area contributed by atoms with Crippen molar-refractivity contribution < 1.29 is 9.53 Å². The van der Waals surface area contributed by atoms with Crippen LogP contribution in [0.2, 0.25) is 0 Å². The van der Waals surface area contributed by atoms with E-state index in [4.69, 9.17) is 4.74 Å². The van der Waals surface area contributed by atoms with Gasteiger partial charge in [0.15, 0.2) is 0 Å². The fourth-order valence-corrected chi connectivity index (χ4v) is 5.15. The fraction of sp³-hybridized carbons (Fsp3) is 0.952. The lowest BCUT2D eigenvalue weighted by Gasteiger charge is -2.39. The van der Waals surface area contributed by atoms with Crippen molar-refractivity contribution >= 4 is 30.7 Å². The minimum atomic E-state index is 0. The van der Waals surface area contributed by atoms with Gasteiger partial charge in [-0.1, -0.05) is 6.92 Å². The van der Waals surface area contributed by atoms with E-state index in [1.165, 1.54) is 19.4 Å². The van der Waals surface area contributed by atoms with Gasteiger partial charge in [-0.05, 0) is 70.4 Å². The zero-order valence-corrected chi connectivity index (χ0v) is 19.5. The summed E-state index contributed by atoms with van der Waals surface area (Å²) in [4.78, 5) is 17.4. The summed E-state index contributed by atoms with van der Waals surface area (Å²) in [6.07, 6.45) is 6.21. The van der Waals surface area contributed by atoms with Gasteiger partial charge in [-0.15, -0.1) is 24.8 Å². The molecule has 3 rings (SSSR count). The van der Waals surface area contributed by atoms with Crippen LogP contribution in [0.3, 0.4) is 0 Å². The maximum absolute atomic E-state index is 12.7. The van der Waals surface area contributed by atoms with E-state index in [2.05, 4.69) is 35.9 Å². The van der Waals surface area contributed by atoms with Gasteiger partial charge in [-0.3, -0.25) is 9.69 Å². The third-order valence-corrected chi connectivity index (χ3v) is 6.66. The zero-order chi connectivity index (χ0) is 18.5. The number of ether oxygens (including phenoxy) is 1. The number of halogens is 2. The molecule has 0 aromatic carbocycles. The topological polar surface area (TPSA) is 44.8 Å². The Balaban J connectivity index is 0.00000196. The second kappa shape index (κ2) is 12.6. The summed E-state index contributed by atoms with van der Waals surface area (Å²) in [5.41, 5.74) is 0. The highest BCUT2D eigenvalue weighted by Gasteiger charge is 2.29. The number of likely N-dealkylation sites (tertiary alicyclic amines) is 1. The molecule has 0 saturated carbocycles. The highest BCUT2D eigenvalue weighted by molar-refractivity contribution is 5.85. The standard InChI is InChI=1S/C21H39N3O2.2ClH/c1-16(20-4-8-22-9-5-20)12-21(25)24-10-6-19(7-11-24)15-23-13-17(2)26-18(3)14-23;;/h16-20,22H,4-15H2,1-3H3;2*1H. The van der Waals surface area contributed by atoms with Crippen LogP contribution >= 0.6 is 24.8 Å². The Kier molecular flexibility index (Phi) is 11.7. The van der Waals surface area contributed by atoms with Gasteiger partial charge in [-0.25, -0.2) is 0 Å². The molecule has 28 heavy (non-hydrogen) atoms. The molecule has 3 fully saturated rings. The normalized spacial score (nSPS) is 28.9. The van der Waals surface area contributed by atoms with Crippen LogP contribution in [0.5, 0.6) is 0 Å². The number of piperidine rings is 2. The van der Waals surface area contributed by atoms with Crippen molar-refractivity contribution in [2.75, 3.05) is 45.8 Å². The summed E-state index contributed by atoms with van der Waals surface area (Å²) in [5, 5.41) is 3.42. The van der Waals surface area contributed by atoms with Crippen molar-refractivity contribution in [2.45, 2.75) is 65.1 Å². The average Bonchev–Trinajstić information content (AvgIpc) is 2.62. The third-order valence-electron chi connectivity index (χ3n) is 6.66. The predicted octanol–water partition coefficient (Wildman–Crippen LogP) is 3.20. The first-order chi connectivity index (χ1) is 12.5. The van der Waals surface area contributed by atoms with Crippen LogP contribution in [0.25, 0.3) is 0 Å². The van der Waals surface area contributed by atoms with E-state index >= 15 is 0 Å². The van der Waals surface area contributed by atoms with Crippen LogP contribution in [-0.2, 0) is 9.53 Å². The summed E-state index contributed by atoms with van der Waals surface area (Å²) in [7, 11) is 0. The molecule has 0 bridgehead atoms. The molecular formula is C21H41Cl2N3O2. The molecule has 0 aromatic heterocycles.